The minimum absolute atomic E-state index is 0.00977. The van der Waals surface area contributed by atoms with Crippen LogP contribution in [0.25, 0.3) is 10.1 Å². The summed E-state index contributed by atoms with van der Waals surface area (Å²) in [6, 6.07) is 9.92. The molecule has 2 aromatic heterocycles. The van der Waals surface area contributed by atoms with Gasteiger partial charge in [0.15, 0.2) is 5.22 Å². The quantitative estimate of drug-likeness (QED) is 0.696. The fourth-order valence-corrected chi connectivity index (χ4v) is 4.00. The van der Waals surface area contributed by atoms with Crippen LogP contribution in [0.1, 0.15) is 17.4 Å². The smallest absolute Gasteiger partial charge is 0.193 e. The van der Waals surface area contributed by atoms with E-state index in [0.717, 1.165) is 10.2 Å². The molecular formula is C14H11BrClNOS. The Bertz CT molecular complexity index is 721. The van der Waals surface area contributed by atoms with E-state index >= 15 is 0 Å². The van der Waals surface area contributed by atoms with Crippen LogP contribution in [0.5, 0.6) is 0 Å². The summed E-state index contributed by atoms with van der Waals surface area (Å²) in [5.41, 5.74) is 1.20. The number of benzene rings is 1. The third-order valence-corrected chi connectivity index (χ3v) is 5.23. The van der Waals surface area contributed by atoms with E-state index in [1.807, 2.05) is 19.2 Å². The summed E-state index contributed by atoms with van der Waals surface area (Å²) >= 11 is 11.2. The topological polar surface area (TPSA) is 25.2 Å². The van der Waals surface area contributed by atoms with Crippen molar-refractivity contribution >= 4 is 49.0 Å². The lowest BCUT2D eigenvalue weighted by Gasteiger charge is -2.13. The molecule has 1 atom stereocenters. The SMILES string of the molecule is CNC(c1ccc(Cl)o1)c1csc2c(Br)cccc12. The van der Waals surface area contributed by atoms with E-state index < -0.39 is 0 Å². The molecule has 0 bridgehead atoms. The molecule has 1 unspecified atom stereocenters. The van der Waals surface area contributed by atoms with Crippen molar-refractivity contribution in [2.24, 2.45) is 0 Å². The first-order chi connectivity index (χ1) is 9.20. The molecule has 1 aromatic carbocycles. The van der Waals surface area contributed by atoms with Gasteiger partial charge in [0, 0.05) is 9.17 Å². The Labute approximate surface area is 128 Å². The molecule has 0 aliphatic carbocycles. The van der Waals surface area contributed by atoms with Gasteiger partial charge in [-0.1, -0.05) is 12.1 Å². The zero-order chi connectivity index (χ0) is 13.4. The number of hydrogen-bond acceptors (Lipinski definition) is 3. The molecule has 2 nitrogen and oxygen atoms in total. The molecule has 0 spiro atoms. The number of hydrogen-bond donors (Lipinski definition) is 1. The number of nitrogens with one attached hydrogen (secondary N) is 1. The number of furan rings is 1. The molecule has 0 saturated heterocycles. The minimum Gasteiger partial charge on any atom is -0.448 e. The lowest BCUT2D eigenvalue weighted by molar-refractivity contribution is 0.466. The molecule has 2 heterocycles. The molecule has 0 aliphatic rings. The number of rotatable bonds is 3. The van der Waals surface area contributed by atoms with Crippen molar-refractivity contribution in [2.45, 2.75) is 6.04 Å². The Morgan fingerprint density at radius 2 is 2.16 bits per heavy atom. The van der Waals surface area contributed by atoms with E-state index in [1.165, 1.54) is 15.6 Å². The zero-order valence-electron chi connectivity index (χ0n) is 10.1. The molecule has 19 heavy (non-hydrogen) atoms. The van der Waals surface area contributed by atoms with Crippen LogP contribution in [0.4, 0.5) is 0 Å². The van der Waals surface area contributed by atoms with Gasteiger partial charge >= 0.3 is 0 Å². The second-order valence-electron chi connectivity index (χ2n) is 4.17. The van der Waals surface area contributed by atoms with Crippen molar-refractivity contribution in [3.63, 3.8) is 0 Å². The summed E-state index contributed by atoms with van der Waals surface area (Å²) in [7, 11) is 1.92. The third-order valence-electron chi connectivity index (χ3n) is 3.06. The standard InChI is InChI=1S/C14H11BrClNOS/c1-17-13(11-5-6-12(16)18-11)9-7-19-14-8(9)3-2-4-10(14)15/h2-7,13,17H,1H3. The van der Waals surface area contributed by atoms with Crippen molar-refractivity contribution < 1.29 is 4.42 Å². The van der Waals surface area contributed by atoms with Gasteiger partial charge in [0.25, 0.3) is 0 Å². The van der Waals surface area contributed by atoms with E-state index in [-0.39, 0.29) is 6.04 Å². The van der Waals surface area contributed by atoms with Gasteiger partial charge in [-0.05, 0) is 69.1 Å². The Balaban J connectivity index is 2.14. The summed E-state index contributed by atoms with van der Waals surface area (Å²) in [5, 5.41) is 7.09. The third kappa shape index (κ3) is 2.34. The maximum Gasteiger partial charge on any atom is 0.193 e. The molecule has 3 rings (SSSR count). The van der Waals surface area contributed by atoms with E-state index in [2.05, 4.69) is 38.8 Å². The van der Waals surface area contributed by atoms with Crippen LogP contribution in [-0.2, 0) is 0 Å². The monoisotopic (exact) mass is 355 g/mol. The van der Waals surface area contributed by atoms with E-state index in [9.17, 15) is 0 Å². The molecule has 3 aromatic rings. The fourth-order valence-electron chi connectivity index (χ4n) is 2.20. The first-order valence-corrected chi connectivity index (χ1v) is 7.84. The highest BCUT2D eigenvalue weighted by Gasteiger charge is 2.20. The van der Waals surface area contributed by atoms with Gasteiger partial charge in [0.05, 0.1) is 6.04 Å². The molecule has 0 fully saturated rings. The highest BCUT2D eigenvalue weighted by molar-refractivity contribution is 9.10. The van der Waals surface area contributed by atoms with Gasteiger partial charge in [-0.15, -0.1) is 11.3 Å². The van der Waals surface area contributed by atoms with Crippen molar-refractivity contribution in [1.29, 1.82) is 0 Å². The Kier molecular flexibility index (Phi) is 3.67. The summed E-state index contributed by atoms with van der Waals surface area (Å²) in [5.74, 6) is 0.826. The van der Waals surface area contributed by atoms with Crippen LogP contribution in [-0.4, -0.2) is 7.05 Å². The van der Waals surface area contributed by atoms with Crippen molar-refractivity contribution in [2.75, 3.05) is 7.05 Å². The number of halogens is 2. The van der Waals surface area contributed by atoms with Gasteiger partial charge in [0.2, 0.25) is 0 Å². The van der Waals surface area contributed by atoms with Crippen LogP contribution >= 0.6 is 38.9 Å². The average molecular weight is 357 g/mol. The molecule has 0 radical (unpaired) electrons. The lowest BCUT2D eigenvalue weighted by Crippen LogP contribution is -2.16. The molecular weight excluding hydrogens is 346 g/mol. The lowest BCUT2D eigenvalue weighted by atomic mass is 10.0. The zero-order valence-corrected chi connectivity index (χ0v) is 13.3. The predicted octanol–water partition coefficient (Wildman–Crippen LogP) is 5.22. The van der Waals surface area contributed by atoms with Crippen LogP contribution in [0.2, 0.25) is 5.22 Å². The van der Waals surface area contributed by atoms with E-state index in [0.29, 0.717) is 5.22 Å². The van der Waals surface area contributed by atoms with Crippen LogP contribution in [0.3, 0.4) is 0 Å². The summed E-state index contributed by atoms with van der Waals surface area (Å²) < 4.78 is 7.90. The fraction of sp³-hybridized carbons (Fsp3) is 0.143. The summed E-state index contributed by atoms with van der Waals surface area (Å²) in [4.78, 5) is 0. The van der Waals surface area contributed by atoms with Crippen LogP contribution < -0.4 is 5.32 Å². The van der Waals surface area contributed by atoms with Crippen LogP contribution in [0, 0.1) is 0 Å². The highest BCUT2D eigenvalue weighted by Crippen LogP contribution is 2.37. The summed E-state index contributed by atoms with van der Waals surface area (Å²) in [6.45, 7) is 0. The van der Waals surface area contributed by atoms with Crippen molar-refractivity contribution in [3.05, 3.63) is 56.7 Å². The maximum absolute atomic E-state index is 5.87. The first kappa shape index (κ1) is 13.2. The largest absolute Gasteiger partial charge is 0.448 e. The molecule has 5 heteroatoms. The van der Waals surface area contributed by atoms with Gasteiger partial charge in [-0.3, -0.25) is 0 Å². The first-order valence-electron chi connectivity index (χ1n) is 5.79. The van der Waals surface area contributed by atoms with Crippen molar-refractivity contribution in [3.8, 4) is 0 Å². The Morgan fingerprint density at radius 3 is 2.84 bits per heavy atom. The molecule has 0 saturated carbocycles. The van der Waals surface area contributed by atoms with E-state index in [1.54, 1.807) is 17.4 Å². The normalized spacial score (nSPS) is 13.0. The van der Waals surface area contributed by atoms with Gasteiger partial charge in [-0.2, -0.15) is 0 Å². The maximum atomic E-state index is 5.87. The predicted molar refractivity (Wildman–Crippen MR) is 84.1 cm³/mol. The summed E-state index contributed by atoms with van der Waals surface area (Å²) in [6.07, 6.45) is 0. The van der Waals surface area contributed by atoms with E-state index in [4.69, 9.17) is 16.0 Å². The average Bonchev–Trinajstić information content (AvgIpc) is 2.99. The molecule has 0 amide bonds. The molecule has 98 valence electrons. The number of thiophene rings is 1. The minimum atomic E-state index is 0.00977. The Morgan fingerprint density at radius 1 is 1.32 bits per heavy atom. The number of fused-ring (bicyclic) bond motifs is 1. The van der Waals surface area contributed by atoms with Gasteiger partial charge < -0.3 is 9.73 Å². The second-order valence-corrected chi connectivity index (χ2v) is 6.28. The highest BCUT2D eigenvalue weighted by atomic mass is 79.9. The van der Waals surface area contributed by atoms with Gasteiger partial charge in [-0.25, -0.2) is 0 Å². The van der Waals surface area contributed by atoms with Gasteiger partial charge in [0.1, 0.15) is 5.76 Å². The molecule has 1 N–H and O–H groups in total. The Hall–Kier alpha value is -0.810. The molecule has 0 aliphatic heterocycles. The van der Waals surface area contributed by atoms with Crippen LogP contribution in [0.15, 0.2) is 44.6 Å². The second kappa shape index (κ2) is 5.29. The van der Waals surface area contributed by atoms with Crippen molar-refractivity contribution in [1.82, 2.24) is 5.32 Å².